The van der Waals surface area contributed by atoms with Crippen molar-refractivity contribution in [3.8, 4) is 0 Å². The van der Waals surface area contributed by atoms with Crippen molar-refractivity contribution in [1.82, 2.24) is 15.0 Å². The average molecular weight is 249 g/mol. The number of imidazole rings is 1. The zero-order valence-electron chi connectivity index (χ0n) is 9.58. The number of aliphatic carboxylic acids is 1. The van der Waals surface area contributed by atoms with Crippen LogP contribution in [0.1, 0.15) is 5.56 Å². The van der Waals surface area contributed by atoms with Crippen LogP contribution in [-0.4, -0.2) is 39.1 Å². The minimum Gasteiger partial charge on any atom is -0.473 e. The van der Waals surface area contributed by atoms with Gasteiger partial charge in [-0.1, -0.05) is 6.07 Å². The molecule has 94 valence electrons. The lowest BCUT2D eigenvalue weighted by atomic mass is 10.2. The lowest BCUT2D eigenvalue weighted by Crippen LogP contribution is -2.27. The average Bonchev–Trinajstić information content (AvgIpc) is 2.75. The third-order valence-corrected chi connectivity index (χ3v) is 2.30. The molecule has 0 bridgehead atoms. The van der Waals surface area contributed by atoms with Gasteiger partial charge in [-0.15, -0.1) is 5.06 Å². The van der Waals surface area contributed by atoms with Gasteiger partial charge >= 0.3 is 11.9 Å². The number of nitrogens with zero attached hydrogens (tertiary/aromatic N) is 2. The fourth-order valence-electron chi connectivity index (χ4n) is 1.55. The molecule has 1 heterocycles. The molecule has 0 amide bonds. The van der Waals surface area contributed by atoms with Gasteiger partial charge < -0.3 is 14.9 Å². The molecule has 0 aliphatic heterocycles. The Labute approximate surface area is 102 Å². The summed E-state index contributed by atoms with van der Waals surface area (Å²) < 4.78 is 0. The molecule has 0 radical (unpaired) electrons. The minimum atomic E-state index is -1.62. The highest BCUT2D eigenvalue weighted by atomic mass is 16.7. The van der Waals surface area contributed by atoms with E-state index in [1.165, 1.54) is 7.05 Å². The van der Waals surface area contributed by atoms with E-state index in [0.717, 1.165) is 21.7 Å². The predicted octanol–water partition coefficient (Wildman–Crippen LogP) is 0.537. The zero-order chi connectivity index (χ0) is 13.1. The second kappa shape index (κ2) is 4.84. The molecular formula is C11H11N3O4. The molecule has 0 aliphatic carbocycles. The topological polar surface area (TPSA) is 95.5 Å². The Morgan fingerprint density at radius 1 is 1.50 bits per heavy atom. The van der Waals surface area contributed by atoms with E-state index in [0.29, 0.717) is 0 Å². The second-order valence-electron chi connectivity index (χ2n) is 3.72. The molecule has 0 aliphatic rings. The minimum absolute atomic E-state index is 0.286. The van der Waals surface area contributed by atoms with Crippen LogP contribution in [0.15, 0.2) is 24.5 Å². The van der Waals surface area contributed by atoms with Gasteiger partial charge in [-0.2, -0.15) is 0 Å². The van der Waals surface area contributed by atoms with Gasteiger partial charge in [-0.3, -0.25) is 0 Å². The third kappa shape index (κ3) is 2.64. The summed E-state index contributed by atoms with van der Waals surface area (Å²) in [6.45, 7) is 0.286. The number of benzene rings is 1. The maximum absolute atomic E-state index is 10.8. The monoisotopic (exact) mass is 249 g/mol. The number of hydrogen-bond acceptors (Lipinski definition) is 5. The number of carboxylic acids is 1. The highest BCUT2D eigenvalue weighted by molar-refractivity contribution is 6.28. The molecule has 0 unspecified atom stereocenters. The molecular weight excluding hydrogens is 238 g/mol. The number of H-pyrrole nitrogens is 1. The second-order valence-corrected chi connectivity index (χ2v) is 3.72. The SMILES string of the molecule is CN(Cc1ccc2nc[nH]c2c1)OC(=O)C(=O)O. The van der Waals surface area contributed by atoms with Gasteiger partial charge in [0.2, 0.25) is 0 Å². The fraction of sp³-hybridized carbons (Fsp3) is 0.182. The lowest BCUT2D eigenvalue weighted by Gasteiger charge is -2.14. The number of fused-ring (bicyclic) bond motifs is 1. The molecule has 1 aromatic heterocycles. The molecule has 0 saturated heterocycles. The smallest absolute Gasteiger partial charge is 0.436 e. The lowest BCUT2D eigenvalue weighted by molar-refractivity contribution is -0.194. The summed E-state index contributed by atoms with van der Waals surface area (Å²) in [5.41, 5.74) is 2.57. The molecule has 2 rings (SSSR count). The van der Waals surface area contributed by atoms with E-state index in [-0.39, 0.29) is 6.54 Å². The maximum Gasteiger partial charge on any atom is 0.436 e. The van der Waals surface area contributed by atoms with E-state index in [4.69, 9.17) is 5.11 Å². The van der Waals surface area contributed by atoms with Gasteiger partial charge in [0.15, 0.2) is 0 Å². The van der Waals surface area contributed by atoms with Crippen molar-refractivity contribution < 1.29 is 19.5 Å². The first-order chi connectivity index (χ1) is 8.56. The summed E-state index contributed by atoms with van der Waals surface area (Å²) in [7, 11) is 1.48. The van der Waals surface area contributed by atoms with Crippen molar-refractivity contribution >= 4 is 23.0 Å². The summed E-state index contributed by atoms with van der Waals surface area (Å²) in [5, 5.41) is 9.56. The molecule has 7 heteroatoms. The van der Waals surface area contributed by atoms with E-state index in [9.17, 15) is 9.59 Å². The van der Waals surface area contributed by atoms with Crippen LogP contribution in [0.4, 0.5) is 0 Å². The highest BCUT2D eigenvalue weighted by Crippen LogP contribution is 2.13. The van der Waals surface area contributed by atoms with Crippen LogP contribution in [0.2, 0.25) is 0 Å². The number of carbonyl (C=O) groups is 2. The molecule has 0 saturated carbocycles. The number of nitrogens with one attached hydrogen (secondary N) is 1. The Kier molecular flexibility index (Phi) is 3.24. The summed E-state index contributed by atoms with van der Waals surface area (Å²) in [6, 6.07) is 5.51. The van der Waals surface area contributed by atoms with E-state index >= 15 is 0 Å². The fourth-order valence-corrected chi connectivity index (χ4v) is 1.55. The van der Waals surface area contributed by atoms with Gasteiger partial charge in [-0.05, 0) is 17.7 Å². The van der Waals surface area contributed by atoms with Gasteiger partial charge in [0.25, 0.3) is 0 Å². The zero-order valence-corrected chi connectivity index (χ0v) is 9.58. The van der Waals surface area contributed by atoms with Crippen LogP contribution in [0.5, 0.6) is 0 Å². The van der Waals surface area contributed by atoms with Gasteiger partial charge in [0, 0.05) is 7.05 Å². The van der Waals surface area contributed by atoms with E-state index in [1.807, 2.05) is 18.2 Å². The molecule has 2 aromatic rings. The summed E-state index contributed by atoms with van der Waals surface area (Å²) in [6.07, 6.45) is 1.59. The first-order valence-corrected chi connectivity index (χ1v) is 5.14. The van der Waals surface area contributed by atoms with Crippen LogP contribution >= 0.6 is 0 Å². The van der Waals surface area contributed by atoms with Crippen molar-refractivity contribution in [1.29, 1.82) is 0 Å². The van der Waals surface area contributed by atoms with E-state index in [2.05, 4.69) is 14.8 Å². The van der Waals surface area contributed by atoms with E-state index in [1.54, 1.807) is 6.33 Å². The van der Waals surface area contributed by atoms with Crippen molar-refractivity contribution in [3.63, 3.8) is 0 Å². The predicted molar refractivity (Wildman–Crippen MR) is 61.3 cm³/mol. The Morgan fingerprint density at radius 3 is 3.00 bits per heavy atom. The van der Waals surface area contributed by atoms with Gasteiger partial charge in [-0.25, -0.2) is 14.6 Å². The first-order valence-electron chi connectivity index (χ1n) is 5.14. The summed E-state index contributed by atoms with van der Waals surface area (Å²) >= 11 is 0. The normalized spacial score (nSPS) is 10.8. The number of hydrogen-bond donors (Lipinski definition) is 2. The number of rotatable bonds is 3. The number of carbonyl (C=O) groups excluding carboxylic acids is 1. The highest BCUT2D eigenvalue weighted by Gasteiger charge is 2.16. The molecule has 7 nitrogen and oxygen atoms in total. The molecule has 2 N–H and O–H groups in total. The van der Waals surface area contributed by atoms with Crippen LogP contribution in [0.3, 0.4) is 0 Å². The Balaban J connectivity index is 2.04. The van der Waals surface area contributed by atoms with Gasteiger partial charge in [0.1, 0.15) is 0 Å². The largest absolute Gasteiger partial charge is 0.473 e. The third-order valence-electron chi connectivity index (χ3n) is 2.30. The molecule has 18 heavy (non-hydrogen) atoms. The Morgan fingerprint density at radius 2 is 2.28 bits per heavy atom. The van der Waals surface area contributed by atoms with Crippen LogP contribution in [0.25, 0.3) is 11.0 Å². The molecule has 1 aromatic carbocycles. The molecule has 0 fully saturated rings. The summed E-state index contributed by atoms with van der Waals surface area (Å²) in [5.74, 6) is -2.93. The van der Waals surface area contributed by atoms with Crippen LogP contribution < -0.4 is 0 Å². The Hall–Kier alpha value is -2.41. The number of hydroxylamine groups is 2. The number of carboxylic acid groups (broad SMARTS) is 1. The molecule has 0 atom stereocenters. The van der Waals surface area contributed by atoms with Crippen LogP contribution in [0, 0.1) is 0 Å². The standard InChI is InChI=1S/C11H11N3O4/c1-14(18-11(17)10(15)16)5-7-2-3-8-9(4-7)13-6-12-8/h2-4,6H,5H2,1H3,(H,12,13)(H,15,16). The van der Waals surface area contributed by atoms with Crippen molar-refractivity contribution in [2.45, 2.75) is 6.54 Å². The van der Waals surface area contributed by atoms with Crippen molar-refractivity contribution in [3.05, 3.63) is 30.1 Å². The quantitative estimate of drug-likeness (QED) is 0.608. The maximum atomic E-state index is 10.8. The van der Waals surface area contributed by atoms with E-state index < -0.39 is 11.9 Å². The number of aromatic amines is 1. The number of aromatic nitrogens is 2. The first kappa shape index (κ1) is 12.1. The Bertz CT molecular complexity index is 593. The van der Waals surface area contributed by atoms with Gasteiger partial charge in [0.05, 0.1) is 23.9 Å². The molecule has 0 spiro atoms. The van der Waals surface area contributed by atoms with Crippen LogP contribution in [-0.2, 0) is 21.0 Å². The van der Waals surface area contributed by atoms with Crippen molar-refractivity contribution in [2.24, 2.45) is 0 Å². The van der Waals surface area contributed by atoms with Crippen molar-refractivity contribution in [2.75, 3.05) is 7.05 Å². The summed E-state index contributed by atoms with van der Waals surface area (Å²) in [4.78, 5) is 32.8.